The maximum Gasteiger partial charge on any atom is 0.163 e. The Labute approximate surface area is 120 Å². The highest BCUT2D eigenvalue weighted by Crippen LogP contribution is 2.22. The van der Waals surface area contributed by atoms with E-state index in [1.165, 1.54) is 0 Å². The van der Waals surface area contributed by atoms with Gasteiger partial charge in [-0.05, 0) is 13.3 Å². The lowest BCUT2D eigenvalue weighted by atomic mass is 10.2. The van der Waals surface area contributed by atoms with Crippen LogP contribution < -0.4 is 10.2 Å². The fraction of sp³-hybridized carbons (Fsp3) is 0.375. The van der Waals surface area contributed by atoms with Crippen LogP contribution in [-0.2, 0) is 0 Å². The van der Waals surface area contributed by atoms with Gasteiger partial charge in [-0.1, -0.05) is 37.3 Å². The lowest BCUT2D eigenvalue weighted by Crippen LogP contribution is -2.25. The van der Waals surface area contributed by atoms with E-state index in [0.717, 1.165) is 42.5 Å². The van der Waals surface area contributed by atoms with Crippen LogP contribution in [0.25, 0.3) is 11.4 Å². The molecule has 0 spiro atoms. The van der Waals surface area contributed by atoms with Gasteiger partial charge in [-0.25, -0.2) is 9.97 Å². The van der Waals surface area contributed by atoms with Crippen molar-refractivity contribution in [3.05, 3.63) is 36.4 Å². The predicted octanol–water partition coefficient (Wildman–Crippen LogP) is 3.42. The van der Waals surface area contributed by atoms with E-state index in [1.807, 2.05) is 43.4 Å². The zero-order chi connectivity index (χ0) is 14.4. The third-order valence-electron chi connectivity index (χ3n) is 3.20. The molecule has 0 saturated heterocycles. The first-order valence-corrected chi connectivity index (χ1v) is 7.15. The summed E-state index contributed by atoms with van der Waals surface area (Å²) >= 11 is 0. The second kappa shape index (κ2) is 6.89. The van der Waals surface area contributed by atoms with E-state index in [9.17, 15) is 0 Å². The smallest absolute Gasteiger partial charge is 0.163 e. The molecule has 1 aromatic heterocycles. The Kier molecular flexibility index (Phi) is 4.93. The van der Waals surface area contributed by atoms with Crippen molar-refractivity contribution in [1.82, 2.24) is 9.97 Å². The zero-order valence-corrected chi connectivity index (χ0v) is 12.4. The Morgan fingerprint density at radius 1 is 1.10 bits per heavy atom. The SMILES string of the molecule is CCCN(CC)c1cc(NC)nc(-c2ccccc2)n1. The highest BCUT2D eigenvalue weighted by molar-refractivity contribution is 5.61. The second-order valence-electron chi connectivity index (χ2n) is 4.63. The molecular formula is C16H22N4. The predicted molar refractivity (Wildman–Crippen MR) is 85.2 cm³/mol. The number of nitrogens with one attached hydrogen (secondary N) is 1. The molecule has 1 N–H and O–H groups in total. The molecule has 0 amide bonds. The van der Waals surface area contributed by atoms with Gasteiger partial charge < -0.3 is 10.2 Å². The molecule has 0 aliphatic carbocycles. The zero-order valence-electron chi connectivity index (χ0n) is 12.4. The van der Waals surface area contributed by atoms with Crippen LogP contribution in [0, 0.1) is 0 Å². The molecule has 0 atom stereocenters. The van der Waals surface area contributed by atoms with Crippen molar-refractivity contribution in [2.75, 3.05) is 30.4 Å². The summed E-state index contributed by atoms with van der Waals surface area (Å²) in [5, 5.41) is 3.12. The van der Waals surface area contributed by atoms with E-state index in [2.05, 4.69) is 29.0 Å². The van der Waals surface area contributed by atoms with Crippen molar-refractivity contribution < 1.29 is 0 Å². The van der Waals surface area contributed by atoms with Crippen molar-refractivity contribution in [3.63, 3.8) is 0 Å². The summed E-state index contributed by atoms with van der Waals surface area (Å²) in [6.07, 6.45) is 1.10. The molecule has 0 radical (unpaired) electrons. The van der Waals surface area contributed by atoms with E-state index < -0.39 is 0 Å². The minimum atomic E-state index is 0.766. The lowest BCUT2D eigenvalue weighted by Gasteiger charge is -2.22. The van der Waals surface area contributed by atoms with E-state index >= 15 is 0 Å². The number of nitrogens with zero attached hydrogens (tertiary/aromatic N) is 3. The van der Waals surface area contributed by atoms with Crippen LogP contribution in [0.1, 0.15) is 20.3 Å². The Balaban J connectivity index is 2.43. The minimum absolute atomic E-state index is 0.766. The Morgan fingerprint density at radius 3 is 2.45 bits per heavy atom. The second-order valence-corrected chi connectivity index (χ2v) is 4.63. The van der Waals surface area contributed by atoms with Gasteiger partial charge >= 0.3 is 0 Å². The Hall–Kier alpha value is -2.10. The summed E-state index contributed by atoms with van der Waals surface area (Å²) < 4.78 is 0. The van der Waals surface area contributed by atoms with E-state index in [1.54, 1.807) is 0 Å². The molecule has 0 aliphatic rings. The average Bonchev–Trinajstić information content (AvgIpc) is 2.53. The monoisotopic (exact) mass is 270 g/mol. The topological polar surface area (TPSA) is 41.0 Å². The van der Waals surface area contributed by atoms with Gasteiger partial charge in [-0.3, -0.25) is 0 Å². The normalized spacial score (nSPS) is 10.3. The molecule has 2 rings (SSSR count). The van der Waals surface area contributed by atoms with Crippen LogP contribution in [0.5, 0.6) is 0 Å². The van der Waals surface area contributed by atoms with E-state index in [-0.39, 0.29) is 0 Å². The van der Waals surface area contributed by atoms with Gasteiger partial charge in [-0.15, -0.1) is 0 Å². The lowest BCUT2D eigenvalue weighted by molar-refractivity contribution is 0.777. The summed E-state index contributed by atoms with van der Waals surface area (Å²) in [5.74, 6) is 2.60. The van der Waals surface area contributed by atoms with Crippen molar-refractivity contribution in [2.24, 2.45) is 0 Å². The number of rotatable bonds is 6. The molecule has 4 heteroatoms. The summed E-state index contributed by atoms with van der Waals surface area (Å²) in [6, 6.07) is 12.1. The van der Waals surface area contributed by atoms with Gasteiger partial charge in [-0.2, -0.15) is 0 Å². The number of hydrogen-bond donors (Lipinski definition) is 1. The maximum atomic E-state index is 4.72. The first-order chi connectivity index (χ1) is 9.78. The van der Waals surface area contributed by atoms with Gasteiger partial charge in [0.05, 0.1) is 0 Å². The molecule has 106 valence electrons. The molecule has 1 aromatic carbocycles. The molecule has 4 nitrogen and oxygen atoms in total. The first-order valence-electron chi connectivity index (χ1n) is 7.15. The Morgan fingerprint density at radius 2 is 1.85 bits per heavy atom. The van der Waals surface area contributed by atoms with Crippen LogP contribution in [0.2, 0.25) is 0 Å². The summed E-state index contributed by atoms with van der Waals surface area (Å²) in [4.78, 5) is 11.5. The number of anilines is 2. The molecule has 0 fully saturated rings. The number of hydrogen-bond acceptors (Lipinski definition) is 4. The molecule has 0 bridgehead atoms. The summed E-state index contributed by atoms with van der Waals surface area (Å²) in [6.45, 7) is 6.28. The van der Waals surface area contributed by atoms with E-state index in [0.29, 0.717) is 0 Å². The van der Waals surface area contributed by atoms with Crippen LogP contribution in [0.4, 0.5) is 11.6 Å². The highest BCUT2D eigenvalue weighted by atomic mass is 15.2. The van der Waals surface area contributed by atoms with Crippen molar-refractivity contribution in [3.8, 4) is 11.4 Å². The van der Waals surface area contributed by atoms with Crippen LogP contribution in [0.3, 0.4) is 0 Å². The van der Waals surface area contributed by atoms with Gasteiger partial charge in [0.1, 0.15) is 11.6 Å². The third-order valence-corrected chi connectivity index (χ3v) is 3.20. The highest BCUT2D eigenvalue weighted by Gasteiger charge is 2.10. The molecular weight excluding hydrogens is 248 g/mol. The number of aromatic nitrogens is 2. The molecule has 0 unspecified atom stereocenters. The molecule has 0 aliphatic heterocycles. The fourth-order valence-corrected chi connectivity index (χ4v) is 2.15. The van der Waals surface area contributed by atoms with Gasteiger partial charge in [0.15, 0.2) is 5.82 Å². The molecule has 20 heavy (non-hydrogen) atoms. The average molecular weight is 270 g/mol. The fourth-order valence-electron chi connectivity index (χ4n) is 2.15. The van der Waals surface area contributed by atoms with Crippen molar-refractivity contribution >= 4 is 11.6 Å². The molecule has 0 saturated carbocycles. The third kappa shape index (κ3) is 3.26. The molecule has 2 aromatic rings. The summed E-state index contributed by atoms with van der Waals surface area (Å²) in [5.41, 5.74) is 1.04. The van der Waals surface area contributed by atoms with Gasteiger partial charge in [0.2, 0.25) is 0 Å². The summed E-state index contributed by atoms with van der Waals surface area (Å²) in [7, 11) is 1.89. The maximum absolute atomic E-state index is 4.72. The van der Waals surface area contributed by atoms with E-state index in [4.69, 9.17) is 4.98 Å². The van der Waals surface area contributed by atoms with Gasteiger partial charge in [0.25, 0.3) is 0 Å². The minimum Gasteiger partial charge on any atom is -0.373 e. The van der Waals surface area contributed by atoms with Crippen molar-refractivity contribution in [2.45, 2.75) is 20.3 Å². The largest absolute Gasteiger partial charge is 0.373 e. The standard InChI is InChI=1S/C16H22N4/c1-4-11-20(5-2)15-12-14(17-3)18-16(19-15)13-9-7-6-8-10-13/h6-10,12H,4-5,11H2,1-3H3,(H,17,18,19). The first kappa shape index (κ1) is 14.3. The van der Waals surface area contributed by atoms with Gasteiger partial charge in [0, 0.05) is 31.8 Å². The number of benzene rings is 1. The Bertz CT molecular complexity index is 539. The van der Waals surface area contributed by atoms with Crippen molar-refractivity contribution in [1.29, 1.82) is 0 Å². The van der Waals surface area contributed by atoms with Crippen LogP contribution >= 0.6 is 0 Å². The van der Waals surface area contributed by atoms with Crippen LogP contribution in [-0.4, -0.2) is 30.1 Å². The molecule has 1 heterocycles. The van der Waals surface area contributed by atoms with Crippen LogP contribution in [0.15, 0.2) is 36.4 Å². The quantitative estimate of drug-likeness (QED) is 0.873.